The van der Waals surface area contributed by atoms with Crippen LogP contribution in [-0.4, -0.2) is 46.5 Å². The summed E-state index contributed by atoms with van der Waals surface area (Å²) in [4.78, 5) is 17.5. The Morgan fingerprint density at radius 1 is 1.13 bits per heavy atom. The van der Waals surface area contributed by atoms with Gasteiger partial charge in [0, 0.05) is 19.2 Å². The lowest BCUT2D eigenvalue weighted by molar-refractivity contribution is -0.123. The number of methoxy groups -OCH3 is 1. The van der Waals surface area contributed by atoms with Crippen molar-refractivity contribution in [2.45, 2.75) is 31.3 Å². The molecule has 1 aliphatic rings. The molecule has 166 valence electrons. The Hall–Kier alpha value is -2.91. The molecule has 3 rings (SSSR count). The van der Waals surface area contributed by atoms with Gasteiger partial charge in [0.15, 0.2) is 0 Å². The molecule has 1 aliphatic heterocycles. The van der Waals surface area contributed by atoms with Crippen molar-refractivity contribution >= 4 is 21.8 Å². The topological polar surface area (TPSA) is 106 Å². The first-order valence-corrected chi connectivity index (χ1v) is 11.5. The first-order valence-electron chi connectivity index (χ1n) is 10.00. The van der Waals surface area contributed by atoms with Crippen LogP contribution in [0.25, 0.3) is 0 Å². The van der Waals surface area contributed by atoms with Crippen LogP contribution in [0, 0.1) is 5.92 Å². The van der Waals surface area contributed by atoms with Gasteiger partial charge in [-0.25, -0.2) is 8.42 Å². The third-order valence-electron chi connectivity index (χ3n) is 4.75. The smallest absolute Gasteiger partial charge is 0.263 e. The highest BCUT2D eigenvalue weighted by Gasteiger charge is 2.32. The molecule has 0 saturated carbocycles. The zero-order chi connectivity index (χ0) is 22.4. The van der Waals surface area contributed by atoms with E-state index < -0.39 is 16.1 Å². The number of carbonyl (C=O) groups excluding carboxylic acids is 1. The second-order valence-electron chi connectivity index (χ2n) is 7.47. The van der Waals surface area contributed by atoms with E-state index in [4.69, 9.17) is 9.47 Å². The summed E-state index contributed by atoms with van der Waals surface area (Å²) >= 11 is 0. The molecule has 2 aromatic rings. The molecule has 0 saturated heterocycles. The van der Waals surface area contributed by atoms with Gasteiger partial charge in [0.2, 0.25) is 5.91 Å². The van der Waals surface area contributed by atoms with E-state index in [0.29, 0.717) is 31.1 Å². The molecule has 1 atom stereocenters. The fourth-order valence-corrected chi connectivity index (χ4v) is 4.40. The van der Waals surface area contributed by atoms with E-state index in [1.165, 1.54) is 6.07 Å². The number of rotatable bonds is 9. The van der Waals surface area contributed by atoms with Gasteiger partial charge in [-0.3, -0.25) is 14.5 Å². The summed E-state index contributed by atoms with van der Waals surface area (Å²) in [7, 11) is -2.05. The minimum atomic E-state index is -3.66. The molecule has 0 aromatic heterocycles. The summed E-state index contributed by atoms with van der Waals surface area (Å²) in [5, 5.41) is 2.89. The quantitative estimate of drug-likeness (QED) is 0.575. The summed E-state index contributed by atoms with van der Waals surface area (Å²) in [6, 6.07) is 13.3. The van der Waals surface area contributed by atoms with Gasteiger partial charge in [-0.15, -0.1) is 0 Å². The van der Waals surface area contributed by atoms with Crippen molar-refractivity contribution in [3.8, 4) is 5.75 Å². The Kier molecular flexibility index (Phi) is 7.29. The largest absolute Gasteiger partial charge is 0.491 e. The molecule has 0 spiro atoms. The second kappa shape index (κ2) is 9.93. The average Bonchev–Trinajstić information content (AvgIpc) is 3.01. The van der Waals surface area contributed by atoms with Gasteiger partial charge in [-0.2, -0.15) is 0 Å². The van der Waals surface area contributed by atoms with Crippen molar-refractivity contribution in [1.29, 1.82) is 0 Å². The number of amidine groups is 1. The van der Waals surface area contributed by atoms with E-state index in [-0.39, 0.29) is 22.6 Å². The van der Waals surface area contributed by atoms with Crippen LogP contribution in [0.15, 0.2) is 58.4 Å². The molecule has 2 N–H and O–H groups in total. The number of nitrogens with one attached hydrogen (secondary N) is 2. The highest BCUT2D eigenvalue weighted by Crippen LogP contribution is 2.23. The predicted octanol–water partition coefficient (Wildman–Crippen LogP) is 2.09. The predicted molar refractivity (Wildman–Crippen MR) is 118 cm³/mol. The van der Waals surface area contributed by atoms with Gasteiger partial charge >= 0.3 is 0 Å². The molecule has 8 nitrogen and oxygen atoms in total. The first-order chi connectivity index (χ1) is 14.8. The van der Waals surface area contributed by atoms with Gasteiger partial charge in [0.25, 0.3) is 10.0 Å². The van der Waals surface area contributed by atoms with Crippen LogP contribution in [-0.2, 0) is 26.1 Å². The number of carbonyl (C=O) groups is 1. The molecule has 0 aliphatic carbocycles. The van der Waals surface area contributed by atoms with Gasteiger partial charge in [0.05, 0.1) is 11.5 Å². The number of ether oxygens (including phenoxy) is 2. The van der Waals surface area contributed by atoms with Gasteiger partial charge in [0.1, 0.15) is 24.2 Å². The minimum absolute atomic E-state index is 0.131. The van der Waals surface area contributed by atoms with E-state index in [0.717, 1.165) is 5.56 Å². The van der Waals surface area contributed by atoms with Crippen molar-refractivity contribution in [2.24, 2.45) is 10.9 Å². The van der Waals surface area contributed by atoms with E-state index in [1.807, 2.05) is 38.1 Å². The van der Waals surface area contributed by atoms with E-state index in [2.05, 4.69) is 15.0 Å². The Morgan fingerprint density at radius 2 is 1.90 bits per heavy atom. The number of sulfonamides is 1. The maximum atomic E-state index is 12.9. The number of benzene rings is 2. The van der Waals surface area contributed by atoms with Crippen LogP contribution in [0.3, 0.4) is 0 Å². The van der Waals surface area contributed by atoms with E-state index in [1.54, 1.807) is 25.3 Å². The molecule has 1 amide bonds. The fourth-order valence-electron chi connectivity index (χ4n) is 3.16. The Balaban J connectivity index is 1.71. The normalized spacial score (nSPS) is 16.6. The van der Waals surface area contributed by atoms with Crippen molar-refractivity contribution in [3.63, 3.8) is 0 Å². The van der Waals surface area contributed by atoms with Crippen LogP contribution < -0.4 is 14.8 Å². The molecular formula is C22H27N3O5S. The van der Waals surface area contributed by atoms with Gasteiger partial charge in [-0.1, -0.05) is 38.1 Å². The van der Waals surface area contributed by atoms with E-state index >= 15 is 0 Å². The van der Waals surface area contributed by atoms with Gasteiger partial charge in [-0.05, 0) is 35.7 Å². The number of aliphatic imine (C=N–C) groups is 1. The second-order valence-corrected chi connectivity index (χ2v) is 9.13. The lowest BCUT2D eigenvalue weighted by Gasteiger charge is -2.17. The highest BCUT2D eigenvalue weighted by molar-refractivity contribution is 7.90. The minimum Gasteiger partial charge on any atom is -0.491 e. The van der Waals surface area contributed by atoms with Crippen LogP contribution in [0.4, 0.5) is 0 Å². The van der Waals surface area contributed by atoms with Crippen molar-refractivity contribution < 1.29 is 22.7 Å². The number of fused-ring (bicyclic) bond motifs is 1. The molecular weight excluding hydrogens is 418 g/mol. The van der Waals surface area contributed by atoms with Crippen LogP contribution in [0.2, 0.25) is 0 Å². The molecule has 0 unspecified atom stereocenters. The summed E-state index contributed by atoms with van der Waals surface area (Å²) in [6.07, 6.45) is 0. The Labute approximate surface area is 182 Å². The Bertz CT molecular complexity index is 1070. The maximum Gasteiger partial charge on any atom is 0.263 e. The molecule has 9 heteroatoms. The maximum absolute atomic E-state index is 12.9. The number of nitrogens with zero attached hydrogens (tertiary/aromatic N) is 1. The monoisotopic (exact) mass is 445 g/mol. The van der Waals surface area contributed by atoms with Crippen molar-refractivity contribution in [3.05, 3.63) is 59.7 Å². The van der Waals surface area contributed by atoms with Crippen LogP contribution in [0.5, 0.6) is 5.75 Å². The third kappa shape index (κ3) is 5.62. The molecule has 0 radical (unpaired) electrons. The highest BCUT2D eigenvalue weighted by atomic mass is 32.2. The Morgan fingerprint density at radius 3 is 2.65 bits per heavy atom. The number of amides is 1. The molecule has 31 heavy (non-hydrogen) atoms. The lowest BCUT2D eigenvalue weighted by Crippen LogP contribution is -2.38. The number of hydrogen-bond acceptors (Lipinski definition) is 6. The molecule has 0 fully saturated rings. The molecule has 0 bridgehead atoms. The lowest BCUT2D eigenvalue weighted by atomic mass is 10.0. The first kappa shape index (κ1) is 22.8. The standard InChI is InChI=1S/C22H27N3O5S/c1-15(2)20(24-21-18-9-4-5-10-19(18)31(27,28)25-21)22(26)23-14-16-7-6-8-17(13-16)30-12-11-29-3/h4-10,13,15,20H,11-12,14H2,1-3H3,(H,23,26)(H,24,25)/t20-/m0/s1. The summed E-state index contributed by atoms with van der Waals surface area (Å²) in [5.41, 5.74) is 1.35. The van der Waals surface area contributed by atoms with Gasteiger partial charge < -0.3 is 14.8 Å². The average molecular weight is 446 g/mol. The van der Waals surface area contributed by atoms with Crippen LogP contribution in [0.1, 0.15) is 25.0 Å². The third-order valence-corrected chi connectivity index (χ3v) is 6.15. The van der Waals surface area contributed by atoms with E-state index in [9.17, 15) is 13.2 Å². The fraction of sp³-hybridized carbons (Fsp3) is 0.364. The van der Waals surface area contributed by atoms with Crippen molar-refractivity contribution in [2.75, 3.05) is 20.3 Å². The van der Waals surface area contributed by atoms with Crippen molar-refractivity contribution in [1.82, 2.24) is 10.0 Å². The summed E-state index contributed by atoms with van der Waals surface area (Å²) < 4.78 is 37.6. The zero-order valence-electron chi connectivity index (χ0n) is 17.8. The summed E-state index contributed by atoms with van der Waals surface area (Å²) in [6.45, 7) is 4.97. The van der Waals surface area contributed by atoms with Crippen LogP contribution >= 0.6 is 0 Å². The summed E-state index contributed by atoms with van der Waals surface area (Å²) in [5.74, 6) is 0.477. The molecule has 1 heterocycles. The number of hydrogen-bond donors (Lipinski definition) is 2. The zero-order valence-corrected chi connectivity index (χ0v) is 18.6. The SMILES string of the molecule is COCCOc1cccc(CNC(=O)[C@@H](N=C2NS(=O)(=O)c3ccccc32)C(C)C)c1. The molecule has 2 aromatic carbocycles.